The smallest absolute Gasteiger partial charge is 0.326 e. The zero-order chi connectivity index (χ0) is 21.0. The highest BCUT2D eigenvalue weighted by atomic mass is 19.1. The molecule has 3 heterocycles. The first-order chi connectivity index (χ1) is 14.5. The standard InChI is InChI=1S/C23H24FN5O/c1-14-4-6-18(24)17(10-14)21-22(29(13-26-21)16-8-9-25-12-16)15-5-7-19-20(11-15)28(3)23(30)27(19)2/h4-7,10-11,13,16,25H,8-9,12H2,1-3H3. The Labute approximate surface area is 173 Å². The van der Waals surface area contributed by atoms with E-state index in [0.29, 0.717) is 11.3 Å². The van der Waals surface area contributed by atoms with Crippen molar-refractivity contribution in [2.45, 2.75) is 19.4 Å². The zero-order valence-corrected chi connectivity index (χ0v) is 17.3. The summed E-state index contributed by atoms with van der Waals surface area (Å²) in [5.74, 6) is -0.287. The van der Waals surface area contributed by atoms with E-state index in [4.69, 9.17) is 0 Å². The van der Waals surface area contributed by atoms with Crippen LogP contribution in [0.4, 0.5) is 4.39 Å². The maximum atomic E-state index is 14.8. The molecular weight excluding hydrogens is 381 g/mol. The summed E-state index contributed by atoms with van der Waals surface area (Å²) in [6, 6.07) is 11.3. The molecule has 0 aliphatic carbocycles. The van der Waals surface area contributed by atoms with Gasteiger partial charge in [0.25, 0.3) is 0 Å². The average molecular weight is 405 g/mol. The maximum absolute atomic E-state index is 14.8. The first-order valence-corrected chi connectivity index (χ1v) is 10.2. The molecule has 7 heteroatoms. The Hall–Kier alpha value is -3.19. The number of hydrogen-bond donors (Lipinski definition) is 1. The van der Waals surface area contributed by atoms with Gasteiger partial charge in [-0.25, -0.2) is 14.2 Å². The van der Waals surface area contributed by atoms with Crippen LogP contribution in [-0.2, 0) is 14.1 Å². The van der Waals surface area contributed by atoms with Crippen LogP contribution in [0.2, 0.25) is 0 Å². The van der Waals surface area contributed by atoms with Crippen molar-refractivity contribution in [2.24, 2.45) is 14.1 Å². The van der Waals surface area contributed by atoms with Gasteiger partial charge in [0.1, 0.15) is 5.82 Å². The first kappa shape index (κ1) is 18.8. The Bertz CT molecular complexity index is 1320. The second-order valence-corrected chi connectivity index (χ2v) is 8.08. The van der Waals surface area contributed by atoms with Gasteiger partial charge in [0.15, 0.2) is 0 Å². The normalized spacial score (nSPS) is 16.6. The van der Waals surface area contributed by atoms with Crippen LogP contribution in [0.5, 0.6) is 0 Å². The number of aryl methyl sites for hydroxylation is 3. The van der Waals surface area contributed by atoms with Crippen LogP contribution in [0.25, 0.3) is 33.5 Å². The van der Waals surface area contributed by atoms with E-state index in [1.54, 1.807) is 29.3 Å². The molecule has 30 heavy (non-hydrogen) atoms. The second kappa shape index (κ2) is 6.95. The van der Waals surface area contributed by atoms with Crippen LogP contribution >= 0.6 is 0 Å². The van der Waals surface area contributed by atoms with Gasteiger partial charge >= 0.3 is 5.69 Å². The summed E-state index contributed by atoms with van der Waals surface area (Å²) in [5.41, 5.74) is 5.54. The molecule has 0 spiro atoms. The van der Waals surface area contributed by atoms with Gasteiger partial charge in [-0.1, -0.05) is 17.7 Å². The van der Waals surface area contributed by atoms with E-state index >= 15 is 0 Å². The van der Waals surface area contributed by atoms with Crippen LogP contribution < -0.4 is 11.0 Å². The molecule has 1 unspecified atom stereocenters. The maximum Gasteiger partial charge on any atom is 0.328 e. The predicted molar refractivity (Wildman–Crippen MR) is 116 cm³/mol. The minimum Gasteiger partial charge on any atom is -0.326 e. The molecule has 4 aromatic rings. The SMILES string of the molecule is Cc1ccc(F)c(-c2ncn(C3CCNC3)c2-c2ccc3c(c2)n(C)c(=O)n3C)c1. The summed E-state index contributed by atoms with van der Waals surface area (Å²) < 4.78 is 20.2. The molecule has 0 saturated carbocycles. The van der Waals surface area contributed by atoms with Gasteiger partial charge < -0.3 is 9.88 Å². The monoisotopic (exact) mass is 405 g/mol. The molecule has 1 aliphatic heterocycles. The van der Waals surface area contributed by atoms with Crippen LogP contribution in [0.3, 0.4) is 0 Å². The van der Waals surface area contributed by atoms with E-state index in [-0.39, 0.29) is 17.5 Å². The topological polar surface area (TPSA) is 56.8 Å². The van der Waals surface area contributed by atoms with Crippen molar-refractivity contribution in [3.8, 4) is 22.5 Å². The summed E-state index contributed by atoms with van der Waals surface area (Å²) in [5, 5.41) is 3.40. The fourth-order valence-electron chi connectivity index (χ4n) is 4.47. The molecular formula is C23H24FN5O. The van der Waals surface area contributed by atoms with Gasteiger partial charge in [-0.15, -0.1) is 0 Å². The van der Waals surface area contributed by atoms with Gasteiger partial charge in [0.2, 0.25) is 0 Å². The molecule has 0 amide bonds. The number of hydrogen-bond acceptors (Lipinski definition) is 3. The van der Waals surface area contributed by atoms with Crippen molar-refractivity contribution in [3.05, 3.63) is 64.6 Å². The lowest BCUT2D eigenvalue weighted by Gasteiger charge is -2.16. The summed E-state index contributed by atoms with van der Waals surface area (Å²) in [6.45, 7) is 3.75. The highest BCUT2D eigenvalue weighted by Gasteiger charge is 2.25. The molecule has 1 fully saturated rings. The fourth-order valence-corrected chi connectivity index (χ4v) is 4.47. The fraction of sp³-hybridized carbons (Fsp3) is 0.304. The molecule has 6 nitrogen and oxygen atoms in total. The summed E-state index contributed by atoms with van der Waals surface area (Å²) in [7, 11) is 3.54. The third-order valence-corrected chi connectivity index (χ3v) is 6.14. The van der Waals surface area contributed by atoms with Crippen LogP contribution in [0.1, 0.15) is 18.0 Å². The molecule has 1 atom stereocenters. The third-order valence-electron chi connectivity index (χ3n) is 6.14. The molecule has 2 aromatic carbocycles. The molecule has 0 bridgehead atoms. The van der Waals surface area contributed by atoms with E-state index < -0.39 is 0 Å². The van der Waals surface area contributed by atoms with E-state index in [1.165, 1.54) is 6.07 Å². The molecule has 5 rings (SSSR count). The molecule has 1 saturated heterocycles. The summed E-state index contributed by atoms with van der Waals surface area (Å²) in [6.07, 6.45) is 2.81. The number of halogens is 1. The van der Waals surface area contributed by atoms with Gasteiger partial charge in [0, 0.05) is 37.8 Å². The molecule has 0 radical (unpaired) electrons. The molecule has 2 aromatic heterocycles. The van der Waals surface area contributed by atoms with Crippen molar-refractivity contribution >= 4 is 11.0 Å². The minimum absolute atomic E-state index is 0.0689. The number of benzene rings is 2. The van der Waals surface area contributed by atoms with Crippen molar-refractivity contribution in [1.82, 2.24) is 24.0 Å². The summed E-state index contributed by atoms with van der Waals surface area (Å²) in [4.78, 5) is 17.0. The second-order valence-electron chi connectivity index (χ2n) is 8.08. The minimum atomic E-state index is -0.287. The largest absolute Gasteiger partial charge is 0.328 e. The Morgan fingerprint density at radius 3 is 2.67 bits per heavy atom. The lowest BCUT2D eigenvalue weighted by molar-refractivity contribution is 0.551. The van der Waals surface area contributed by atoms with Crippen molar-refractivity contribution in [3.63, 3.8) is 0 Å². The van der Waals surface area contributed by atoms with Crippen LogP contribution in [0, 0.1) is 12.7 Å². The first-order valence-electron chi connectivity index (χ1n) is 10.2. The van der Waals surface area contributed by atoms with Gasteiger partial charge in [-0.3, -0.25) is 9.13 Å². The average Bonchev–Trinajstić information content (AvgIpc) is 3.46. The van der Waals surface area contributed by atoms with Crippen molar-refractivity contribution in [1.29, 1.82) is 0 Å². The molecule has 1 N–H and O–H groups in total. The Morgan fingerprint density at radius 2 is 1.90 bits per heavy atom. The number of aromatic nitrogens is 4. The Morgan fingerprint density at radius 1 is 1.10 bits per heavy atom. The van der Waals surface area contributed by atoms with E-state index in [1.807, 2.05) is 37.5 Å². The number of imidazole rings is 2. The third kappa shape index (κ3) is 2.81. The van der Waals surface area contributed by atoms with Gasteiger partial charge in [0.05, 0.1) is 28.7 Å². The van der Waals surface area contributed by atoms with Gasteiger partial charge in [-0.05, 0) is 44.2 Å². The molecule has 1 aliphatic rings. The number of nitrogens with zero attached hydrogens (tertiary/aromatic N) is 4. The van der Waals surface area contributed by atoms with Gasteiger partial charge in [-0.2, -0.15) is 0 Å². The number of fused-ring (bicyclic) bond motifs is 1. The lowest BCUT2D eigenvalue weighted by atomic mass is 10.0. The lowest BCUT2D eigenvalue weighted by Crippen LogP contribution is -2.19. The van der Waals surface area contributed by atoms with E-state index in [9.17, 15) is 9.18 Å². The Kier molecular flexibility index (Phi) is 4.36. The predicted octanol–water partition coefficient (Wildman–Crippen LogP) is 3.39. The van der Waals surface area contributed by atoms with Crippen molar-refractivity contribution < 1.29 is 4.39 Å². The Balaban J connectivity index is 1.78. The number of rotatable bonds is 3. The van der Waals surface area contributed by atoms with Crippen LogP contribution in [-0.4, -0.2) is 31.8 Å². The highest BCUT2D eigenvalue weighted by Crippen LogP contribution is 2.37. The highest BCUT2D eigenvalue weighted by molar-refractivity contribution is 5.86. The quantitative estimate of drug-likeness (QED) is 0.569. The van der Waals surface area contributed by atoms with Crippen molar-refractivity contribution in [2.75, 3.05) is 13.1 Å². The zero-order valence-electron chi connectivity index (χ0n) is 17.3. The van der Waals surface area contributed by atoms with E-state index in [0.717, 1.165) is 47.4 Å². The van der Waals surface area contributed by atoms with E-state index in [2.05, 4.69) is 14.9 Å². The molecule has 154 valence electrons. The summed E-state index contributed by atoms with van der Waals surface area (Å²) >= 11 is 0. The number of nitrogens with one attached hydrogen (secondary N) is 1. The van der Waals surface area contributed by atoms with Crippen LogP contribution in [0.15, 0.2) is 47.5 Å².